The molecule has 4 rings (SSSR count). The zero-order chi connectivity index (χ0) is 22.7. The molecule has 0 saturated carbocycles. The van der Waals surface area contributed by atoms with E-state index in [0.29, 0.717) is 43.2 Å². The maximum absolute atomic E-state index is 12.8. The molecule has 0 amide bonds. The number of benzene rings is 1. The summed E-state index contributed by atoms with van der Waals surface area (Å²) in [5.74, 6) is -0.405. The van der Waals surface area contributed by atoms with Crippen molar-refractivity contribution in [3.63, 3.8) is 0 Å². The molecule has 11 nitrogen and oxygen atoms in total. The summed E-state index contributed by atoms with van der Waals surface area (Å²) in [6.07, 6.45) is 3.43. The topological polar surface area (TPSA) is 143 Å². The van der Waals surface area contributed by atoms with Gasteiger partial charge >= 0.3 is 5.97 Å². The van der Waals surface area contributed by atoms with Crippen molar-refractivity contribution in [2.24, 2.45) is 0 Å². The molecular formula is C19H21ClN6O5S. The van der Waals surface area contributed by atoms with Gasteiger partial charge < -0.3 is 19.8 Å². The normalized spacial score (nSPS) is 15.2. The highest BCUT2D eigenvalue weighted by molar-refractivity contribution is 7.89. The van der Waals surface area contributed by atoms with E-state index in [0.717, 1.165) is 0 Å². The minimum atomic E-state index is -3.76. The molecule has 0 atom stereocenters. The minimum Gasteiger partial charge on any atom is -0.462 e. The minimum absolute atomic E-state index is 0.00500. The van der Waals surface area contributed by atoms with Crippen LogP contribution in [0.25, 0.3) is 11.2 Å². The van der Waals surface area contributed by atoms with Crippen molar-refractivity contribution in [3.05, 3.63) is 41.4 Å². The van der Waals surface area contributed by atoms with Crippen molar-refractivity contribution < 1.29 is 22.7 Å². The Balaban J connectivity index is 1.39. The van der Waals surface area contributed by atoms with Gasteiger partial charge in [0, 0.05) is 19.6 Å². The Kier molecular flexibility index (Phi) is 6.55. The lowest BCUT2D eigenvalue weighted by Gasteiger charge is -2.26. The van der Waals surface area contributed by atoms with Gasteiger partial charge in [-0.2, -0.15) is 4.31 Å². The summed E-state index contributed by atoms with van der Waals surface area (Å²) in [7, 11) is -3.76. The molecule has 2 N–H and O–H groups in total. The number of fused-ring (bicyclic) bond motifs is 1. The van der Waals surface area contributed by atoms with Crippen LogP contribution in [0.15, 0.2) is 35.7 Å². The van der Waals surface area contributed by atoms with Gasteiger partial charge in [0.15, 0.2) is 11.5 Å². The molecule has 2 aromatic heterocycles. The number of rotatable bonds is 7. The molecule has 1 fully saturated rings. The van der Waals surface area contributed by atoms with E-state index in [1.807, 2.05) is 0 Å². The van der Waals surface area contributed by atoms with E-state index in [2.05, 4.69) is 15.0 Å². The lowest BCUT2D eigenvalue weighted by Crippen LogP contribution is -2.40. The highest BCUT2D eigenvalue weighted by atomic mass is 35.5. The van der Waals surface area contributed by atoms with Crippen LogP contribution in [-0.2, 0) is 26.0 Å². The molecule has 1 saturated heterocycles. The van der Waals surface area contributed by atoms with Gasteiger partial charge in [0.05, 0.1) is 41.6 Å². The van der Waals surface area contributed by atoms with E-state index in [9.17, 15) is 13.2 Å². The summed E-state index contributed by atoms with van der Waals surface area (Å²) in [5, 5.41) is 0.115. The van der Waals surface area contributed by atoms with Crippen LogP contribution in [0.5, 0.6) is 0 Å². The number of imidazole rings is 1. The SMILES string of the molecule is Nc1ncnc2c1ncn2CCCOC(=O)c1cc(S(=O)(=O)N2CCOCC2)ccc1Cl. The number of esters is 1. The quantitative estimate of drug-likeness (QED) is 0.391. The number of hydrogen-bond donors (Lipinski definition) is 1. The fraction of sp³-hybridized carbons (Fsp3) is 0.368. The van der Waals surface area contributed by atoms with Crippen LogP contribution in [-0.4, -0.2) is 71.1 Å². The number of nitrogens with two attached hydrogens (primary N) is 1. The molecule has 0 unspecified atom stereocenters. The Hall–Kier alpha value is -2.80. The summed E-state index contributed by atoms with van der Waals surface area (Å²) in [4.78, 5) is 24.8. The molecule has 1 aliphatic rings. The Morgan fingerprint density at radius 3 is 2.78 bits per heavy atom. The first-order valence-corrected chi connectivity index (χ1v) is 11.7. The van der Waals surface area contributed by atoms with Crippen LogP contribution >= 0.6 is 11.6 Å². The number of ether oxygens (including phenoxy) is 2. The number of morpholine rings is 1. The van der Waals surface area contributed by atoms with E-state index in [-0.39, 0.29) is 35.2 Å². The van der Waals surface area contributed by atoms with E-state index < -0.39 is 16.0 Å². The number of halogens is 1. The van der Waals surface area contributed by atoms with Crippen molar-refractivity contribution in [3.8, 4) is 0 Å². The van der Waals surface area contributed by atoms with Gasteiger partial charge in [0.1, 0.15) is 11.8 Å². The second-order valence-electron chi connectivity index (χ2n) is 7.02. The standard InChI is InChI=1S/C19H21ClN6O5S/c20-15-3-2-13(32(28,29)26-5-8-30-9-6-26)10-14(15)19(27)31-7-1-4-25-12-24-16-17(21)22-11-23-18(16)25/h2-3,10-12H,1,4-9H2,(H2,21,22,23). The van der Waals surface area contributed by atoms with Crippen LogP contribution in [0.1, 0.15) is 16.8 Å². The van der Waals surface area contributed by atoms with Crippen molar-refractivity contribution >= 4 is 44.6 Å². The summed E-state index contributed by atoms with van der Waals surface area (Å²) >= 11 is 6.13. The average molecular weight is 481 g/mol. The maximum atomic E-state index is 12.8. The van der Waals surface area contributed by atoms with Crippen LogP contribution in [0.4, 0.5) is 5.82 Å². The molecule has 3 aromatic rings. The smallest absolute Gasteiger partial charge is 0.339 e. The maximum Gasteiger partial charge on any atom is 0.339 e. The van der Waals surface area contributed by atoms with Crippen molar-refractivity contribution in [1.82, 2.24) is 23.8 Å². The van der Waals surface area contributed by atoms with Gasteiger partial charge in [-0.15, -0.1) is 0 Å². The Morgan fingerprint density at radius 1 is 1.22 bits per heavy atom. The zero-order valence-electron chi connectivity index (χ0n) is 17.0. The molecule has 13 heteroatoms. The highest BCUT2D eigenvalue weighted by Crippen LogP contribution is 2.24. The monoisotopic (exact) mass is 480 g/mol. The largest absolute Gasteiger partial charge is 0.462 e. The van der Waals surface area contributed by atoms with Gasteiger partial charge in [-0.3, -0.25) is 0 Å². The van der Waals surface area contributed by atoms with E-state index in [4.69, 9.17) is 26.8 Å². The van der Waals surface area contributed by atoms with Gasteiger partial charge in [-0.1, -0.05) is 11.6 Å². The number of aryl methyl sites for hydroxylation is 1. The molecule has 170 valence electrons. The zero-order valence-corrected chi connectivity index (χ0v) is 18.5. The summed E-state index contributed by atoms with van der Waals surface area (Å²) in [6, 6.07) is 4.01. The van der Waals surface area contributed by atoms with Gasteiger partial charge in [-0.25, -0.2) is 28.2 Å². The third-order valence-corrected chi connectivity index (χ3v) is 7.20. The van der Waals surface area contributed by atoms with E-state index in [1.165, 1.54) is 28.8 Å². The number of carbonyl (C=O) groups excluding carboxylic acids is 1. The van der Waals surface area contributed by atoms with E-state index >= 15 is 0 Å². The van der Waals surface area contributed by atoms with Gasteiger partial charge in [0.2, 0.25) is 10.0 Å². The first kappa shape index (κ1) is 22.4. The molecule has 0 radical (unpaired) electrons. The van der Waals surface area contributed by atoms with Crippen molar-refractivity contribution in [2.45, 2.75) is 17.9 Å². The molecule has 1 aromatic carbocycles. The number of aromatic nitrogens is 4. The van der Waals surface area contributed by atoms with E-state index in [1.54, 1.807) is 10.9 Å². The third kappa shape index (κ3) is 4.53. The molecule has 32 heavy (non-hydrogen) atoms. The van der Waals surface area contributed by atoms with Crippen molar-refractivity contribution in [2.75, 3.05) is 38.6 Å². The van der Waals surface area contributed by atoms with Crippen LogP contribution in [0.2, 0.25) is 5.02 Å². The molecule has 1 aliphatic heterocycles. The Morgan fingerprint density at radius 2 is 2.00 bits per heavy atom. The Labute approximate surface area is 189 Å². The van der Waals surface area contributed by atoms with Gasteiger partial charge in [0.25, 0.3) is 0 Å². The predicted molar refractivity (Wildman–Crippen MR) is 116 cm³/mol. The number of anilines is 1. The molecular weight excluding hydrogens is 460 g/mol. The molecule has 0 bridgehead atoms. The molecule has 0 aliphatic carbocycles. The fourth-order valence-corrected chi connectivity index (χ4v) is 4.93. The summed E-state index contributed by atoms with van der Waals surface area (Å²) < 4.78 is 39.3. The second kappa shape index (κ2) is 9.36. The second-order valence-corrected chi connectivity index (χ2v) is 9.36. The first-order valence-electron chi connectivity index (χ1n) is 9.84. The fourth-order valence-electron chi connectivity index (χ4n) is 3.30. The highest BCUT2D eigenvalue weighted by Gasteiger charge is 2.28. The number of nitrogen functional groups attached to an aromatic ring is 1. The lowest BCUT2D eigenvalue weighted by molar-refractivity contribution is 0.0496. The number of sulfonamides is 1. The van der Waals surface area contributed by atoms with Crippen LogP contribution in [0, 0.1) is 0 Å². The molecule has 3 heterocycles. The third-order valence-electron chi connectivity index (χ3n) is 4.97. The average Bonchev–Trinajstić information content (AvgIpc) is 3.21. The summed E-state index contributed by atoms with van der Waals surface area (Å²) in [6.45, 7) is 1.74. The number of carbonyl (C=O) groups is 1. The molecule has 0 spiro atoms. The Bertz CT molecular complexity index is 1240. The van der Waals surface area contributed by atoms with Crippen molar-refractivity contribution in [1.29, 1.82) is 0 Å². The predicted octanol–water partition coefficient (Wildman–Crippen LogP) is 1.33. The number of hydrogen-bond acceptors (Lipinski definition) is 9. The first-order chi connectivity index (χ1) is 15.4. The summed E-state index contributed by atoms with van der Waals surface area (Å²) in [5.41, 5.74) is 6.87. The number of nitrogens with zero attached hydrogens (tertiary/aromatic N) is 5. The van der Waals surface area contributed by atoms with Crippen LogP contribution < -0.4 is 5.73 Å². The van der Waals surface area contributed by atoms with Gasteiger partial charge in [-0.05, 0) is 24.6 Å². The lowest BCUT2D eigenvalue weighted by atomic mass is 10.2. The van der Waals surface area contributed by atoms with Crippen LogP contribution in [0.3, 0.4) is 0 Å².